The van der Waals surface area contributed by atoms with Crippen molar-refractivity contribution in [2.24, 2.45) is 0 Å². The Labute approximate surface area is 173 Å². The molecule has 1 amide bonds. The van der Waals surface area contributed by atoms with Gasteiger partial charge >= 0.3 is 0 Å². The zero-order valence-electron chi connectivity index (χ0n) is 16.2. The van der Waals surface area contributed by atoms with Gasteiger partial charge in [0.05, 0.1) is 6.04 Å². The minimum atomic E-state index is -0.0518. The summed E-state index contributed by atoms with van der Waals surface area (Å²) in [7, 11) is 0. The smallest absolute Gasteiger partial charge is 0.272 e. The highest BCUT2D eigenvalue weighted by Crippen LogP contribution is 2.17. The van der Waals surface area contributed by atoms with Crippen LogP contribution in [0, 0.1) is 0 Å². The maximum absolute atomic E-state index is 12.7. The minimum Gasteiger partial charge on any atom is -0.347 e. The average molecular weight is 404 g/mol. The fourth-order valence-electron chi connectivity index (χ4n) is 4.14. The predicted molar refractivity (Wildman–Crippen MR) is 113 cm³/mol. The first kappa shape index (κ1) is 20.8. The molecule has 1 aromatic carbocycles. The number of carbonyl (C=O) groups is 1. The lowest BCUT2D eigenvalue weighted by Crippen LogP contribution is -2.47. The number of nitrogens with zero attached hydrogens (tertiary/aromatic N) is 3. The van der Waals surface area contributed by atoms with Gasteiger partial charge in [0.25, 0.3) is 5.91 Å². The summed E-state index contributed by atoms with van der Waals surface area (Å²) in [4.78, 5) is 15.1. The Bertz CT molecular complexity index is 744. The SMILES string of the molecule is Cl.O=C(NC1CCCN(Cc2ccccc2)C1)c1ccn(C2CCCNC2)n1. The van der Waals surface area contributed by atoms with Crippen LogP contribution in [0.3, 0.4) is 0 Å². The minimum absolute atomic E-state index is 0. The van der Waals surface area contributed by atoms with E-state index in [2.05, 4.69) is 44.9 Å². The van der Waals surface area contributed by atoms with Crippen LogP contribution in [0.25, 0.3) is 0 Å². The second-order valence-corrected chi connectivity index (χ2v) is 7.71. The maximum Gasteiger partial charge on any atom is 0.272 e. The molecule has 0 radical (unpaired) electrons. The van der Waals surface area contributed by atoms with Crippen LogP contribution < -0.4 is 10.6 Å². The summed E-state index contributed by atoms with van der Waals surface area (Å²) in [6.45, 7) is 4.93. The van der Waals surface area contributed by atoms with Crippen molar-refractivity contribution in [2.45, 2.75) is 44.3 Å². The standard InChI is InChI=1S/C21H29N5O.ClH/c27-21(20-10-13-26(24-20)19-9-4-11-22-14-19)23-18-8-5-12-25(16-18)15-17-6-2-1-3-7-17;/h1-3,6-7,10,13,18-19,22H,4-5,8-9,11-12,14-16H2,(H,23,27);1H. The quantitative estimate of drug-likeness (QED) is 0.805. The van der Waals surface area contributed by atoms with Crippen LogP contribution in [0.2, 0.25) is 0 Å². The van der Waals surface area contributed by atoms with E-state index < -0.39 is 0 Å². The van der Waals surface area contributed by atoms with Crippen molar-refractivity contribution < 1.29 is 4.79 Å². The second-order valence-electron chi connectivity index (χ2n) is 7.71. The molecule has 2 unspecified atom stereocenters. The molecule has 28 heavy (non-hydrogen) atoms. The van der Waals surface area contributed by atoms with Crippen molar-refractivity contribution in [2.75, 3.05) is 26.2 Å². The molecule has 2 N–H and O–H groups in total. The molecular weight excluding hydrogens is 374 g/mol. The Morgan fingerprint density at radius 3 is 2.82 bits per heavy atom. The Kier molecular flexibility index (Phi) is 7.48. The molecule has 6 nitrogen and oxygen atoms in total. The molecule has 2 fully saturated rings. The van der Waals surface area contributed by atoms with Gasteiger partial charge in [-0.05, 0) is 50.4 Å². The molecule has 0 saturated carbocycles. The van der Waals surface area contributed by atoms with E-state index in [9.17, 15) is 4.79 Å². The van der Waals surface area contributed by atoms with Crippen LogP contribution in [0.15, 0.2) is 42.6 Å². The highest BCUT2D eigenvalue weighted by atomic mass is 35.5. The molecule has 152 valence electrons. The highest BCUT2D eigenvalue weighted by Gasteiger charge is 2.23. The Morgan fingerprint density at radius 2 is 2.04 bits per heavy atom. The molecule has 2 saturated heterocycles. The van der Waals surface area contributed by atoms with Crippen LogP contribution in [-0.2, 0) is 6.54 Å². The van der Waals surface area contributed by atoms with Crippen molar-refractivity contribution in [1.82, 2.24) is 25.3 Å². The fraction of sp³-hybridized carbons (Fsp3) is 0.524. The molecule has 0 aliphatic carbocycles. The van der Waals surface area contributed by atoms with E-state index in [0.29, 0.717) is 11.7 Å². The first-order chi connectivity index (χ1) is 13.3. The lowest BCUT2D eigenvalue weighted by molar-refractivity contribution is 0.0894. The van der Waals surface area contributed by atoms with Gasteiger partial charge in [-0.1, -0.05) is 30.3 Å². The maximum atomic E-state index is 12.7. The number of hydrogen-bond acceptors (Lipinski definition) is 4. The Balaban J connectivity index is 0.00000225. The lowest BCUT2D eigenvalue weighted by atomic mass is 10.0. The zero-order chi connectivity index (χ0) is 18.5. The van der Waals surface area contributed by atoms with Crippen LogP contribution in [0.5, 0.6) is 0 Å². The number of nitrogens with one attached hydrogen (secondary N) is 2. The van der Waals surface area contributed by atoms with Crippen molar-refractivity contribution in [3.05, 3.63) is 53.9 Å². The first-order valence-corrected chi connectivity index (χ1v) is 10.1. The molecule has 2 aromatic rings. The third-order valence-corrected chi connectivity index (χ3v) is 5.58. The highest BCUT2D eigenvalue weighted by molar-refractivity contribution is 5.92. The third-order valence-electron chi connectivity index (χ3n) is 5.58. The summed E-state index contributed by atoms with van der Waals surface area (Å²) in [5.74, 6) is -0.0518. The summed E-state index contributed by atoms with van der Waals surface area (Å²) < 4.78 is 1.95. The average Bonchev–Trinajstić information content (AvgIpc) is 3.20. The van der Waals surface area contributed by atoms with Gasteiger partial charge in [-0.2, -0.15) is 5.10 Å². The van der Waals surface area contributed by atoms with Crippen molar-refractivity contribution in [1.29, 1.82) is 0 Å². The monoisotopic (exact) mass is 403 g/mol. The van der Waals surface area contributed by atoms with Crippen molar-refractivity contribution in [3.8, 4) is 0 Å². The van der Waals surface area contributed by atoms with Gasteiger partial charge in [0.1, 0.15) is 5.69 Å². The molecular formula is C21H30ClN5O. The van der Waals surface area contributed by atoms with E-state index in [1.807, 2.05) is 23.0 Å². The van der Waals surface area contributed by atoms with Crippen LogP contribution in [-0.4, -0.2) is 52.8 Å². The second kappa shape index (κ2) is 10.0. The normalized spacial score (nSPS) is 23.0. The summed E-state index contributed by atoms with van der Waals surface area (Å²) in [5, 5.41) is 11.1. The number of piperidine rings is 2. The fourth-order valence-corrected chi connectivity index (χ4v) is 4.14. The van der Waals surface area contributed by atoms with Crippen LogP contribution in [0.1, 0.15) is 47.8 Å². The number of aromatic nitrogens is 2. The van der Waals surface area contributed by atoms with Gasteiger partial charge in [0, 0.05) is 31.9 Å². The topological polar surface area (TPSA) is 62.2 Å². The summed E-state index contributed by atoms with van der Waals surface area (Å²) in [6.07, 6.45) is 6.36. The molecule has 2 aliphatic heterocycles. The van der Waals surface area contributed by atoms with Gasteiger partial charge in [0.15, 0.2) is 0 Å². The van der Waals surface area contributed by atoms with Gasteiger partial charge in [0.2, 0.25) is 0 Å². The summed E-state index contributed by atoms with van der Waals surface area (Å²) in [6, 6.07) is 12.9. The lowest BCUT2D eigenvalue weighted by Gasteiger charge is -2.33. The number of benzene rings is 1. The van der Waals surface area contributed by atoms with E-state index in [4.69, 9.17) is 0 Å². The Hall–Kier alpha value is -1.89. The van der Waals surface area contributed by atoms with E-state index in [-0.39, 0.29) is 24.4 Å². The number of hydrogen-bond donors (Lipinski definition) is 2. The molecule has 7 heteroatoms. The van der Waals surface area contributed by atoms with Crippen LogP contribution in [0.4, 0.5) is 0 Å². The molecule has 2 atom stereocenters. The molecule has 2 aliphatic rings. The molecule has 3 heterocycles. The first-order valence-electron chi connectivity index (χ1n) is 10.1. The summed E-state index contributed by atoms with van der Waals surface area (Å²) in [5.41, 5.74) is 1.85. The Morgan fingerprint density at radius 1 is 1.18 bits per heavy atom. The van der Waals surface area contributed by atoms with E-state index in [1.165, 1.54) is 5.56 Å². The van der Waals surface area contributed by atoms with Gasteiger partial charge in [-0.15, -0.1) is 12.4 Å². The number of amides is 1. The number of likely N-dealkylation sites (tertiary alicyclic amines) is 1. The zero-order valence-corrected chi connectivity index (χ0v) is 17.0. The predicted octanol–water partition coefficient (Wildman–Crippen LogP) is 2.62. The number of halogens is 1. The van der Waals surface area contributed by atoms with E-state index >= 15 is 0 Å². The summed E-state index contributed by atoms with van der Waals surface area (Å²) >= 11 is 0. The molecule has 0 bridgehead atoms. The van der Waals surface area contributed by atoms with E-state index in [0.717, 1.165) is 58.4 Å². The van der Waals surface area contributed by atoms with Crippen molar-refractivity contribution >= 4 is 18.3 Å². The number of rotatable bonds is 5. The largest absolute Gasteiger partial charge is 0.347 e. The van der Waals surface area contributed by atoms with Gasteiger partial charge in [-0.25, -0.2) is 0 Å². The van der Waals surface area contributed by atoms with Crippen LogP contribution >= 0.6 is 12.4 Å². The van der Waals surface area contributed by atoms with Gasteiger partial charge < -0.3 is 10.6 Å². The van der Waals surface area contributed by atoms with Gasteiger partial charge in [-0.3, -0.25) is 14.4 Å². The molecule has 4 rings (SSSR count). The molecule has 1 aromatic heterocycles. The third kappa shape index (κ3) is 5.34. The van der Waals surface area contributed by atoms with Crippen molar-refractivity contribution in [3.63, 3.8) is 0 Å². The molecule has 0 spiro atoms. The number of carbonyl (C=O) groups excluding carboxylic acids is 1. The van der Waals surface area contributed by atoms with E-state index in [1.54, 1.807) is 0 Å².